The van der Waals surface area contributed by atoms with Crippen LogP contribution in [0.1, 0.15) is 33.1 Å². The first-order valence-electron chi connectivity index (χ1n) is 10.2. The summed E-state index contributed by atoms with van der Waals surface area (Å²) in [6, 6.07) is 17.9. The molecule has 0 unspecified atom stereocenters. The largest absolute Gasteiger partial charge is 0.454 e. The third kappa shape index (κ3) is 3.74. The maximum absolute atomic E-state index is 12.8. The summed E-state index contributed by atoms with van der Waals surface area (Å²) in [4.78, 5) is 19.5. The molecule has 2 aromatic carbocycles. The molecule has 1 amide bonds. The monoisotopic (exact) mass is 401 g/mol. The molecule has 30 heavy (non-hydrogen) atoms. The minimum atomic E-state index is -0.125. The Hall–Kier alpha value is -3.38. The lowest BCUT2D eigenvalue weighted by molar-refractivity contribution is 0.0927. The molecule has 1 N–H and O–H groups in total. The number of nitrogens with zero attached hydrogens (tertiary/aromatic N) is 2. The van der Waals surface area contributed by atoms with Crippen LogP contribution in [-0.2, 0) is 13.0 Å². The van der Waals surface area contributed by atoms with Crippen LogP contribution in [-0.4, -0.2) is 35.7 Å². The summed E-state index contributed by atoms with van der Waals surface area (Å²) in [5.74, 6) is 1.16. The van der Waals surface area contributed by atoms with Gasteiger partial charge in [-0.1, -0.05) is 30.3 Å². The Balaban J connectivity index is 1.34. The van der Waals surface area contributed by atoms with Gasteiger partial charge in [-0.2, -0.15) is 0 Å². The number of aromatic nitrogens is 1. The third-order valence-electron chi connectivity index (χ3n) is 5.76. The number of fused-ring (bicyclic) bond motifs is 2. The lowest BCUT2D eigenvalue weighted by atomic mass is 9.97. The Bertz CT molecular complexity index is 1050. The summed E-state index contributed by atoms with van der Waals surface area (Å²) in [5, 5.41) is 3.11. The molecule has 0 bridgehead atoms. The van der Waals surface area contributed by atoms with E-state index >= 15 is 0 Å². The molecule has 0 saturated heterocycles. The molecule has 3 heterocycles. The van der Waals surface area contributed by atoms with Crippen LogP contribution in [0.25, 0.3) is 0 Å². The fraction of sp³-hybridized carbons (Fsp3) is 0.250. The predicted molar refractivity (Wildman–Crippen MR) is 112 cm³/mol. The standard InChI is InChI=1S/C24H23N3O3/c28-24(18-7-8-22-23(12-18)30-16-29-22)26-14-21(19-6-3-10-25-13-19)27-11-9-17-4-1-2-5-20(17)15-27/h1-8,10,12-13,21H,9,11,14-16H2,(H,26,28)/t21-/m0/s1. The average Bonchev–Trinajstić information content (AvgIpc) is 3.28. The normalized spacial score (nSPS) is 16.0. The number of ether oxygens (including phenoxy) is 2. The Kier molecular flexibility index (Phi) is 5.07. The van der Waals surface area contributed by atoms with Gasteiger partial charge in [0.1, 0.15) is 0 Å². The molecule has 0 saturated carbocycles. The van der Waals surface area contributed by atoms with Gasteiger partial charge in [0, 0.05) is 37.6 Å². The molecular formula is C24H23N3O3. The summed E-state index contributed by atoms with van der Waals surface area (Å²) < 4.78 is 10.7. The van der Waals surface area contributed by atoms with E-state index in [1.54, 1.807) is 24.4 Å². The summed E-state index contributed by atoms with van der Waals surface area (Å²) in [7, 11) is 0. The van der Waals surface area contributed by atoms with E-state index in [0.29, 0.717) is 23.6 Å². The van der Waals surface area contributed by atoms with Crippen molar-refractivity contribution < 1.29 is 14.3 Å². The highest BCUT2D eigenvalue weighted by Gasteiger charge is 2.26. The van der Waals surface area contributed by atoms with Gasteiger partial charge in [-0.15, -0.1) is 0 Å². The van der Waals surface area contributed by atoms with Crippen molar-refractivity contribution in [2.75, 3.05) is 19.9 Å². The summed E-state index contributed by atoms with van der Waals surface area (Å²) in [6.07, 6.45) is 4.66. The highest BCUT2D eigenvalue weighted by atomic mass is 16.7. The van der Waals surface area contributed by atoms with Crippen LogP contribution in [0.5, 0.6) is 11.5 Å². The number of hydrogen-bond acceptors (Lipinski definition) is 5. The zero-order valence-electron chi connectivity index (χ0n) is 16.6. The zero-order chi connectivity index (χ0) is 20.3. The number of nitrogens with one attached hydrogen (secondary N) is 1. The smallest absolute Gasteiger partial charge is 0.251 e. The highest BCUT2D eigenvalue weighted by molar-refractivity contribution is 5.95. The molecule has 152 valence electrons. The summed E-state index contributed by atoms with van der Waals surface area (Å²) >= 11 is 0. The fourth-order valence-electron chi connectivity index (χ4n) is 4.14. The zero-order valence-corrected chi connectivity index (χ0v) is 16.6. The quantitative estimate of drug-likeness (QED) is 0.711. The number of benzene rings is 2. The van der Waals surface area contributed by atoms with E-state index < -0.39 is 0 Å². The van der Waals surface area contributed by atoms with E-state index in [4.69, 9.17) is 9.47 Å². The van der Waals surface area contributed by atoms with Gasteiger partial charge in [0.15, 0.2) is 11.5 Å². The molecule has 6 heteroatoms. The van der Waals surface area contributed by atoms with Crippen LogP contribution in [0.3, 0.4) is 0 Å². The minimum absolute atomic E-state index is 0.0463. The summed E-state index contributed by atoms with van der Waals surface area (Å²) in [5.41, 5.74) is 4.42. The van der Waals surface area contributed by atoms with Crippen LogP contribution in [0.15, 0.2) is 67.0 Å². The molecule has 0 fully saturated rings. The van der Waals surface area contributed by atoms with Crippen molar-refractivity contribution in [2.45, 2.75) is 19.0 Å². The minimum Gasteiger partial charge on any atom is -0.454 e. The van der Waals surface area contributed by atoms with E-state index in [1.807, 2.05) is 12.3 Å². The SMILES string of the molecule is O=C(NC[C@@H](c1cccnc1)N1CCc2ccccc2C1)c1ccc2c(c1)OCO2. The van der Waals surface area contributed by atoms with Crippen molar-refractivity contribution in [3.8, 4) is 11.5 Å². The molecule has 2 aliphatic heterocycles. The first-order chi connectivity index (χ1) is 14.8. The van der Waals surface area contributed by atoms with E-state index in [0.717, 1.165) is 25.1 Å². The molecule has 0 radical (unpaired) electrons. The molecule has 1 aromatic heterocycles. The van der Waals surface area contributed by atoms with Crippen molar-refractivity contribution in [3.63, 3.8) is 0 Å². The van der Waals surface area contributed by atoms with Gasteiger partial charge in [0.25, 0.3) is 5.91 Å². The summed E-state index contributed by atoms with van der Waals surface area (Å²) in [6.45, 7) is 2.49. The van der Waals surface area contributed by atoms with Gasteiger partial charge in [0.05, 0.1) is 6.04 Å². The van der Waals surface area contributed by atoms with Crippen LogP contribution in [0.4, 0.5) is 0 Å². The van der Waals surface area contributed by atoms with Gasteiger partial charge in [-0.05, 0) is 47.4 Å². The molecule has 0 aliphatic carbocycles. The van der Waals surface area contributed by atoms with Gasteiger partial charge < -0.3 is 14.8 Å². The first kappa shape index (κ1) is 18.6. The molecule has 6 nitrogen and oxygen atoms in total. The van der Waals surface area contributed by atoms with Crippen molar-refractivity contribution >= 4 is 5.91 Å². The number of carbonyl (C=O) groups is 1. The second-order valence-electron chi connectivity index (χ2n) is 7.57. The Morgan fingerprint density at radius 3 is 2.80 bits per heavy atom. The van der Waals surface area contributed by atoms with E-state index in [-0.39, 0.29) is 18.7 Å². The van der Waals surface area contributed by atoms with E-state index in [1.165, 1.54) is 11.1 Å². The van der Waals surface area contributed by atoms with Crippen molar-refractivity contribution in [1.29, 1.82) is 0 Å². The number of rotatable bonds is 5. The number of hydrogen-bond donors (Lipinski definition) is 1. The van der Waals surface area contributed by atoms with Gasteiger partial charge in [-0.3, -0.25) is 14.7 Å². The average molecular weight is 401 g/mol. The molecular weight excluding hydrogens is 378 g/mol. The number of amides is 1. The first-order valence-corrected chi connectivity index (χ1v) is 10.2. The van der Waals surface area contributed by atoms with Crippen LogP contribution >= 0.6 is 0 Å². The maximum atomic E-state index is 12.8. The van der Waals surface area contributed by atoms with E-state index in [2.05, 4.69) is 45.5 Å². The lowest BCUT2D eigenvalue weighted by Gasteiger charge is -2.36. The molecule has 0 spiro atoms. The fourth-order valence-corrected chi connectivity index (χ4v) is 4.14. The lowest BCUT2D eigenvalue weighted by Crippen LogP contribution is -2.40. The van der Waals surface area contributed by atoms with Gasteiger partial charge >= 0.3 is 0 Å². The highest BCUT2D eigenvalue weighted by Crippen LogP contribution is 2.32. The third-order valence-corrected chi connectivity index (χ3v) is 5.76. The topological polar surface area (TPSA) is 63.7 Å². The molecule has 2 aliphatic rings. The second kappa shape index (κ2) is 8.16. The molecule has 5 rings (SSSR count). The van der Waals surface area contributed by atoms with Crippen LogP contribution in [0.2, 0.25) is 0 Å². The second-order valence-corrected chi connectivity index (χ2v) is 7.57. The predicted octanol–water partition coefficient (Wildman–Crippen LogP) is 3.34. The van der Waals surface area contributed by atoms with Crippen molar-refractivity contribution in [2.24, 2.45) is 0 Å². The van der Waals surface area contributed by atoms with E-state index in [9.17, 15) is 4.79 Å². The molecule has 1 atom stereocenters. The van der Waals surface area contributed by atoms with Gasteiger partial charge in [0.2, 0.25) is 6.79 Å². The van der Waals surface area contributed by atoms with Crippen LogP contribution in [0, 0.1) is 0 Å². The number of pyridine rings is 1. The Morgan fingerprint density at radius 2 is 1.93 bits per heavy atom. The van der Waals surface area contributed by atoms with Crippen molar-refractivity contribution in [1.82, 2.24) is 15.2 Å². The van der Waals surface area contributed by atoms with Gasteiger partial charge in [-0.25, -0.2) is 0 Å². The maximum Gasteiger partial charge on any atom is 0.251 e. The Morgan fingerprint density at radius 1 is 1.07 bits per heavy atom. The molecule has 3 aromatic rings. The number of carbonyl (C=O) groups excluding carboxylic acids is 1. The van der Waals surface area contributed by atoms with Crippen molar-refractivity contribution in [3.05, 3.63) is 89.2 Å². The Labute approximate surface area is 175 Å². The van der Waals surface area contributed by atoms with Crippen LogP contribution < -0.4 is 14.8 Å².